The summed E-state index contributed by atoms with van der Waals surface area (Å²) in [4.78, 5) is 12.4. The lowest BCUT2D eigenvalue weighted by Gasteiger charge is -2.11. The molecule has 23 heavy (non-hydrogen) atoms. The van der Waals surface area contributed by atoms with E-state index < -0.39 is 5.97 Å². The molecule has 0 radical (unpaired) electrons. The largest absolute Gasteiger partial charge is 0.493 e. The van der Waals surface area contributed by atoms with Crippen LogP contribution in [0, 0.1) is 6.92 Å². The highest BCUT2D eigenvalue weighted by atomic mass is 16.6. The number of nitrogens with zero attached hydrogens (tertiary/aromatic N) is 1. The van der Waals surface area contributed by atoms with E-state index in [1.54, 1.807) is 31.4 Å². The molecule has 0 saturated carbocycles. The summed E-state index contributed by atoms with van der Waals surface area (Å²) in [7, 11) is 1.54. The smallest absolute Gasteiger partial charge is 0.343 e. The van der Waals surface area contributed by atoms with Crippen LogP contribution in [-0.4, -0.2) is 17.6 Å². The molecule has 0 N–H and O–H groups in total. The van der Waals surface area contributed by atoms with Gasteiger partial charge in [-0.25, -0.2) is 4.79 Å². The highest BCUT2D eigenvalue weighted by Gasteiger charge is 2.13. The molecule has 0 fully saturated rings. The summed E-state index contributed by atoms with van der Waals surface area (Å²) in [6, 6.07) is 16.5. The molecule has 0 unspecified atom stereocenters. The van der Waals surface area contributed by atoms with Gasteiger partial charge in [0.1, 0.15) is 0 Å². The maximum atomic E-state index is 12.4. The fourth-order valence-corrected chi connectivity index (χ4v) is 2.37. The van der Waals surface area contributed by atoms with Crippen molar-refractivity contribution >= 4 is 5.97 Å². The second-order valence-corrected chi connectivity index (χ2v) is 5.13. The maximum Gasteiger partial charge on any atom is 0.343 e. The summed E-state index contributed by atoms with van der Waals surface area (Å²) in [5.41, 5.74) is 2.52. The highest BCUT2D eigenvalue weighted by Crippen LogP contribution is 2.27. The fraction of sp³-hybridized carbons (Fsp3) is 0.105. The van der Waals surface area contributed by atoms with Gasteiger partial charge in [-0.2, -0.15) is 0 Å². The van der Waals surface area contributed by atoms with Crippen LogP contribution in [0.3, 0.4) is 0 Å². The van der Waals surface area contributed by atoms with Crippen molar-refractivity contribution in [3.63, 3.8) is 0 Å². The number of hydrogen-bond acceptors (Lipinski definition) is 3. The van der Waals surface area contributed by atoms with Gasteiger partial charge in [-0.3, -0.25) is 0 Å². The average Bonchev–Trinajstić information content (AvgIpc) is 3.10. The van der Waals surface area contributed by atoms with Crippen LogP contribution in [0.25, 0.3) is 5.69 Å². The molecule has 0 aliphatic rings. The molecule has 0 spiro atoms. The van der Waals surface area contributed by atoms with Crippen molar-refractivity contribution in [2.45, 2.75) is 6.92 Å². The third-order valence-electron chi connectivity index (χ3n) is 3.60. The van der Waals surface area contributed by atoms with Crippen LogP contribution in [0.2, 0.25) is 0 Å². The second-order valence-electron chi connectivity index (χ2n) is 5.13. The van der Waals surface area contributed by atoms with E-state index in [2.05, 4.69) is 0 Å². The molecule has 4 heteroatoms. The molecule has 4 nitrogen and oxygen atoms in total. The maximum absolute atomic E-state index is 12.4. The van der Waals surface area contributed by atoms with Crippen LogP contribution in [0.4, 0.5) is 0 Å². The van der Waals surface area contributed by atoms with Gasteiger partial charge in [-0.1, -0.05) is 18.2 Å². The number of aryl methyl sites for hydroxylation is 1. The quantitative estimate of drug-likeness (QED) is 0.540. The average molecular weight is 307 g/mol. The molecule has 0 bridgehead atoms. The van der Waals surface area contributed by atoms with Crippen molar-refractivity contribution in [1.82, 2.24) is 4.57 Å². The lowest BCUT2D eigenvalue weighted by Crippen LogP contribution is -2.10. The first kappa shape index (κ1) is 14.9. The number of rotatable bonds is 4. The number of esters is 1. The first-order chi connectivity index (χ1) is 11.2. The molecule has 3 aromatic rings. The van der Waals surface area contributed by atoms with Gasteiger partial charge < -0.3 is 14.0 Å². The Labute approximate surface area is 134 Å². The number of methoxy groups -OCH3 is 1. The zero-order valence-electron chi connectivity index (χ0n) is 13.0. The minimum Gasteiger partial charge on any atom is -0.493 e. The molecule has 0 atom stereocenters. The van der Waals surface area contributed by atoms with Crippen molar-refractivity contribution in [3.8, 4) is 17.2 Å². The van der Waals surface area contributed by atoms with Gasteiger partial charge in [0.15, 0.2) is 11.5 Å². The molecular formula is C19H17NO3. The Morgan fingerprint density at radius 2 is 1.65 bits per heavy atom. The fourth-order valence-electron chi connectivity index (χ4n) is 2.37. The number of benzene rings is 2. The van der Waals surface area contributed by atoms with Crippen molar-refractivity contribution in [2.24, 2.45) is 0 Å². The molecule has 0 aliphatic carbocycles. The van der Waals surface area contributed by atoms with Crippen molar-refractivity contribution in [2.75, 3.05) is 7.11 Å². The van der Waals surface area contributed by atoms with Gasteiger partial charge in [-0.15, -0.1) is 0 Å². The molecular weight excluding hydrogens is 290 g/mol. The second kappa shape index (κ2) is 6.40. The van der Waals surface area contributed by atoms with E-state index >= 15 is 0 Å². The standard InChI is InChI=1S/C19H17NO3/c1-14-9-10-15(13-16(14)20-11-5-6-12-20)19(21)23-18-8-4-3-7-17(18)22-2/h3-13H,1-2H3. The zero-order chi connectivity index (χ0) is 16.2. The van der Waals surface area contributed by atoms with Crippen LogP contribution in [-0.2, 0) is 0 Å². The summed E-state index contributed by atoms with van der Waals surface area (Å²) in [5, 5.41) is 0. The Balaban J connectivity index is 1.90. The summed E-state index contributed by atoms with van der Waals surface area (Å²) in [5.74, 6) is 0.518. The van der Waals surface area contributed by atoms with Crippen LogP contribution >= 0.6 is 0 Å². The van der Waals surface area contributed by atoms with E-state index in [9.17, 15) is 4.79 Å². The lowest BCUT2D eigenvalue weighted by molar-refractivity contribution is 0.0729. The molecule has 1 aromatic heterocycles. The van der Waals surface area contributed by atoms with Gasteiger partial charge in [0.05, 0.1) is 12.7 Å². The summed E-state index contributed by atoms with van der Waals surface area (Å²) in [6.45, 7) is 2.00. The van der Waals surface area contributed by atoms with Crippen LogP contribution in [0.1, 0.15) is 15.9 Å². The third-order valence-corrected chi connectivity index (χ3v) is 3.60. The van der Waals surface area contributed by atoms with Crippen molar-refractivity contribution in [1.29, 1.82) is 0 Å². The van der Waals surface area contributed by atoms with E-state index in [1.807, 2.05) is 54.2 Å². The Morgan fingerprint density at radius 1 is 0.957 bits per heavy atom. The summed E-state index contributed by atoms with van der Waals surface area (Å²) in [6.07, 6.45) is 3.88. The number of ether oxygens (including phenoxy) is 2. The van der Waals surface area contributed by atoms with E-state index in [4.69, 9.17) is 9.47 Å². The van der Waals surface area contributed by atoms with Gasteiger partial charge >= 0.3 is 5.97 Å². The van der Waals surface area contributed by atoms with Crippen LogP contribution in [0.15, 0.2) is 67.0 Å². The normalized spacial score (nSPS) is 10.3. The Bertz CT molecular complexity index is 822. The predicted octanol–water partition coefficient (Wildman–Crippen LogP) is 4.01. The van der Waals surface area contributed by atoms with Gasteiger partial charge in [0.2, 0.25) is 0 Å². The molecule has 1 heterocycles. The molecule has 0 amide bonds. The van der Waals surface area contributed by atoms with E-state index in [0.29, 0.717) is 17.1 Å². The van der Waals surface area contributed by atoms with Gasteiger partial charge in [-0.05, 0) is 48.9 Å². The molecule has 3 rings (SSSR count). The van der Waals surface area contributed by atoms with Gasteiger partial charge in [0.25, 0.3) is 0 Å². The number of hydrogen-bond donors (Lipinski definition) is 0. The van der Waals surface area contributed by atoms with Gasteiger partial charge in [0, 0.05) is 18.1 Å². The number of aromatic nitrogens is 1. The van der Waals surface area contributed by atoms with Crippen molar-refractivity contribution < 1.29 is 14.3 Å². The predicted molar refractivity (Wildman–Crippen MR) is 88.5 cm³/mol. The lowest BCUT2D eigenvalue weighted by atomic mass is 10.1. The van der Waals surface area contributed by atoms with Crippen LogP contribution < -0.4 is 9.47 Å². The van der Waals surface area contributed by atoms with E-state index in [1.165, 1.54) is 0 Å². The topological polar surface area (TPSA) is 40.5 Å². The monoisotopic (exact) mass is 307 g/mol. The summed E-state index contributed by atoms with van der Waals surface area (Å²) >= 11 is 0. The SMILES string of the molecule is COc1ccccc1OC(=O)c1ccc(C)c(-n2cccc2)c1. The molecule has 0 saturated heterocycles. The minimum absolute atomic E-state index is 0.406. The Hall–Kier alpha value is -3.01. The summed E-state index contributed by atoms with van der Waals surface area (Å²) < 4.78 is 12.6. The number of carbonyl (C=O) groups is 1. The Morgan fingerprint density at radius 3 is 2.35 bits per heavy atom. The highest BCUT2D eigenvalue weighted by molar-refractivity contribution is 5.92. The first-order valence-electron chi connectivity index (χ1n) is 7.28. The third kappa shape index (κ3) is 3.11. The molecule has 0 aliphatic heterocycles. The van der Waals surface area contributed by atoms with Crippen LogP contribution in [0.5, 0.6) is 11.5 Å². The number of para-hydroxylation sites is 2. The van der Waals surface area contributed by atoms with E-state index in [-0.39, 0.29) is 0 Å². The van der Waals surface area contributed by atoms with E-state index in [0.717, 1.165) is 11.3 Å². The zero-order valence-corrected chi connectivity index (χ0v) is 13.0. The Kier molecular flexibility index (Phi) is 4.15. The van der Waals surface area contributed by atoms with Crippen molar-refractivity contribution in [3.05, 3.63) is 78.1 Å². The minimum atomic E-state index is -0.414. The first-order valence-corrected chi connectivity index (χ1v) is 7.28. The molecule has 116 valence electrons. The number of carbonyl (C=O) groups excluding carboxylic acids is 1. The molecule has 2 aromatic carbocycles.